The molecule has 4 aliphatic rings. The summed E-state index contributed by atoms with van der Waals surface area (Å²) in [4.78, 5) is 59.5. The van der Waals surface area contributed by atoms with E-state index in [1.165, 1.54) is 11.0 Å². The normalized spacial score (nSPS) is 31.3. The van der Waals surface area contributed by atoms with Gasteiger partial charge >= 0.3 is 12.1 Å². The van der Waals surface area contributed by atoms with Gasteiger partial charge in [-0.1, -0.05) is 53.3 Å². The molecule has 4 bridgehead atoms. The number of fused-ring (bicyclic) bond motifs is 4. The SMILES string of the molecule is C=C[C@@H]1C[C@]1(NC(=O)[C@@H]1C[C@@H]2CN1C(=O)[C@H](CCCC)NC(=O)O[C@H]1CCC[C@@H]1/C=C/c1ccc3nc(P)cc(c3c1)O2)C(=O)O. The third kappa shape index (κ3) is 6.34. The van der Waals surface area contributed by atoms with Gasteiger partial charge in [0, 0.05) is 29.7 Å². The first-order chi connectivity index (χ1) is 22.1. The van der Waals surface area contributed by atoms with E-state index in [9.17, 15) is 24.3 Å². The van der Waals surface area contributed by atoms with Crippen molar-refractivity contribution in [2.45, 2.75) is 88.1 Å². The second-order valence-electron chi connectivity index (χ2n) is 12.9. The standard InChI is InChI=1S/C34H41N4O7P/c1-3-5-8-25-31(40)38-18-22(15-26(38)30(39)37-34(32(41)42)17-21(34)4-2)44-28-16-29(46)35-24-13-11-19(14-23(24)28)10-12-20-7-6-9-27(20)45-33(43)36-25/h4,10-14,16,20-22,25-27H,2-3,5-9,15,17-18,46H2,1H3,(H,36,43)(H,37,39)(H,41,42)/b12-10+/t20-,21-,22-,25+,26+,27+,34-/m1/s1. The number of aromatic nitrogens is 1. The molecule has 0 radical (unpaired) electrons. The molecule has 1 saturated heterocycles. The van der Waals surface area contributed by atoms with Gasteiger partial charge in [-0.2, -0.15) is 0 Å². The van der Waals surface area contributed by atoms with Crippen LogP contribution in [0.5, 0.6) is 5.75 Å². The van der Waals surface area contributed by atoms with Crippen LogP contribution in [0.2, 0.25) is 0 Å². The van der Waals surface area contributed by atoms with Crippen molar-refractivity contribution in [2.75, 3.05) is 6.54 Å². The Morgan fingerprint density at radius 1 is 1.26 bits per heavy atom. The van der Waals surface area contributed by atoms with Crippen LogP contribution in [0.15, 0.2) is 43.0 Å². The maximum absolute atomic E-state index is 14.2. The summed E-state index contributed by atoms with van der Waals surface area (Å²) in [5, 5.41) is 16.3. The lowest BCUT2D eigenvalue weighted by Crippen LogP contribution is -2.56. The molecule has 244 valence electrons. The van der Waals surface area contributed by atoms with Crippen LogP contribution >= 0.6 is 9.24 Å². The number of unbranched alkanes of at least 4 members (excludes halogenated alkanes) is 1. The van der Waals surface area contributed by atoms with Crippen molar-refractivity contribution in [1.29, 1.82) is 0 Å². The largest absolute Gasteiger partial charge is 0.488 e. The predicted molar refractivity (Wildman–Crippen MR) is 176 cm³/mol. The van der Waals surface area contributed by atoms with Gasteiger partial charge in [-0.25, -0.2) is 14.6 Å². The van der Waals surface area contributed by atoms with Gasteiger partial charge in [-0.15, -0.1) is 6.58 Å². The molecule has 3 heterocycles. The zero-order valence-electron chi connectivity index (χ0n) is 25.9. The molecule has 0 spiro atoms. The highest BCUT2D eigenvalue weighted by molar-refractivity contribution is 7.27. The molecule has 3 fully saturated rings. The second-order valence-corrected chi connectivity index (χ2v) is 13.4. The van der Waals surface area contributed by atoms with Crippen molar-refractivity contribution in [3.63, 3.8) is 0 Å². The van der Waals surface area contributed by atoms with E-state index in [1.807, 2.05) is 37.3 Å². The monoisotopic (exact) mass is 648 g/mol. The van der Waals surface area contributed by atoms with Gasteiger partial charge in [-0.3, -0.25) is 9.59 Å². The summed E-state index contributed by atoms with van der Waals surface area (Å²) in [6.07, 6.45) is 8.76. The Morgan fingerprint density at radius 3 is 2.83 bits per heavy atom. The first kappa shape index (κ1) is 32.0. The average molecular weight is 649 g/mol. The molecule has 46 heavy (non-hydrogen) atoms. The molecule has 1 aromatic heterocycles. The van der Waals surface area contributed by atoms with Crippen molar-refractivity contribution in [3.05, 3.63) is 48.6 Å². The number of carboxylic acid groups (broad SMARTS) is 1. The molecule has 1 unspecified atom stereocenters. The van der Waals surface area contributed by atoms with Gasteiger partial charge in [0.25, 0.3) is 0 Å². The fourth-order valence-corrected chi connectivity index (χ4v) is 7.33. The minimum atomic E-state index is -1.46. The highest BCUT2D eigenvalue weighted by Crippen LogP contribution is 2.45. The van der Waals surface area contributed by atoms with Crippen LogP contribution in [-0.4, -0.2) is 75.2 Å². The van der Waals surface area contributed by atoms with Crippen molar-refractivity contribution < 1.29 is 33.8 Å². The summed E-state index contributed by atoms with van der Waals surface area (Å²) in [6.45, 7) is 5.77. The molecule has 2 saturated carbocycles. The summed E-state index contributed by atoms with van der Waals surface area (Å²) >= 11 is 0. The molecular formula is C34H41N4O7P. The van der Waals surface area contributed by atoms with Crippen molar-refractivity contribution in [3.8, 4) is 5.75 Å². The molecule has 12 heteroatoms. The number of hydrogen-bond donors (Lipinski definition) is 3. The molecule has 6 rings (SSSR count). The van der Waals surface area contributed by atoms with Crippen molar-refractivity contribution in [2.24, 2.45) is 11.8 Å². The number of ether oxygens (including phenoxy) is 2. The summed E-state index contributed by atoms with van der Waals surface area (Å²) in [5.74, 6) is -1.97. The Balaban J connectivity index is 1.38. The quantitative estimate of drug-likeness (QED) is 0.304. The highest BCUT2D eigenvalue weighted by atomic mass is 31.0. The lowest BCUT2D eigenvalue weighted by atomic mass is 10.0. The van der Waals surface area contributed by atoms with E-state index in [0.717, 1.165) is 42.1 Å². The van der Waals surface area contributed by atoms with Crippen LogP contribution in [0.4, 0.5) is 4.79 Å². The number of carboxylic acids is 1. The van der Waals surface area contributed by atoms with Gasteiger partial charge in [0.1, 0.15) is 35.6 Å². The molecule has 1 aromatic carbocycles. The third-order valence-corrected chi connectivity index (χ3v) is 10.0. The number of carbonyl (C=O) groups is 4. The molecule has 11 nitrogen and oxygen atoms in total. The molecule has 2 aliphatic carbocycles. The number of amides is 3. The van der Waals surface area contributed by atoms with Gasteiger partial charge in [0.2, 0.25) is 11.8 Å². The molecule has 2 aromatic rings. The molecule has 3 amide bonds. The smallest absolute Gasteiger partial charge is 0.408 e. The molecular weight excluding hydrogens is 607 g/mol. The van der Waals surface area contributed by atoms with Crippen LogP contribution in [0.3, 0.4) is 0 Å². The first-order valence-corrected chi connectivity index (χ1v) is 16.7. The van der Waals surface area contributed by atoms with E-state index in [-0.39, 0.29) is 31.4 Å². The van der Waals surface area contributed by atoms with Gasteiger partial charge in [0.15, 0.2) is 0 Å². The Labute approximate surface area is 270 Å². The molecule has 2 aliphatic heterocycles. The number of aliphatic carboxylic acids is 1. The van der Waals surface area contributed by atoms with E-state index in [2.05, 4.69) is 37.5 Å². The number of hydrogen-bond acceptors (Lipinski definition) is 7. The maximum atomic E-state index is 14.2. The molecule has 8 atom stereocenters. The summed E-state index contributed by atoms with van der Waals surface area (Å²) in [5.41, 5.74) is 0.899. The number of alkyl carbamates (subject to hydrolysis) is 1. The zero-order valence-corrected chi connectivity index (χ0v) is 27.1. The Kier molecular flexibility index (Phi) is 9.06. The second kappa shape index (κ2) is 13.0. The van der Waals surface area contributed by atoms with Crippen LogP contribution in [0.1, 0.15) is 63.9 Å². The molecule has 3 N–H and O–H groups in total. The third-order valence-electron chi connectivity index (χ3n) is 9.72. The van der Waals surface area contributed by atoms with Gasteiger partial charge in [-0.05, 0) is 49.8 Å². The van der Waals surface area contributed by atoms with Crippen molar-refractivity contribution >= 4 is 55.5 Å². The number of benzene rings is 1. The van der Waals surface area contributed by atoms with E-state index in [1.54, 1.807) is 0 Å². The Morgan fingerprint density at radius 2 is 2.09 bits per heavy atom. The lowest BCUT2D eigenvalue weighted by Gasteiger charge is -2.29. The Bertz CT molecular complexity index is 1600. The highest BCUT2D eigenvalue weighted by Gasteiger charge is 2.61. The lowest BCUT2D eigenvalue weighted by molar-refractivity contribution is -0.145. The summed E-state index contributed by atoms with van der Waals surface area (Å²) in [6, 6.07) is 5.78. The van der Waals surface area contributed by atoms with Gasteiger partial charge in [0.05, 0.1) is 17.5 Å². The summed E-state index contributed by atoms with van der Waals surface area (Å²) in [7, 11) is 2.59. The van der Waals surface area contributed by atoms with Crippen molar-refractivity contribution in [1.82, 2.24) is 20.5 Å². The maximum Gasteiger partial charge on any atom is 0.408 e. The topological polar surface area (TPSA) is 147 Å². The fourth-order valence-electron chi connectivity index (χ4n) is 7.04. The average Bonchev–Trinajstić information content (AvgIpc) is 3.32. The van der Waals surface area contributed by atoms with Gasteiger partial charge < -0.3 is 30.1 Å². The van der Waals surface area contributed by atoms with E-state index in [0.29, 0.717) is 24.0 Å². The van der Waals surface area contributed by atoms with Crippen LogP contribution in [0.25, 0.3) is 17.0 Å². The van der Waals surface area contributed by atoms with E-state index >= 15 is 0 Å². The number of pyridine rings is 1. The van der Waals surface area contributed by atoms with Crippen LogP contribution < -0.4 is 20.8 Å². The minimum Gasteiger partial charge on any atom is -0.488 e. The fraction of sp³-hybridized carbons (Fsp3) is 0.500. The van der Waals surface area contributed by atoms with E-state index < -0.39 is 53.5 Å². The predicted octanol–water partition coefficient (Wildman–Crippen LogP) is 3.71. The van der Waals surface area contributed by atoms with Crippen LogP contribution in [-0.2, 0) is 19.1 Å². The first-order valence-electron chi connectivity index (χ1n) is 16.1. The van der Waals surface area contributed by atoms with Crippen LogP contribution in [0, 0.1) is 11.8 Å². The Hall–Kier alpha value is -3.98. The number of nitrogens with one attached hydrogen (secondary N) is 2. The minimum absolute atomic E-state index is 0.0291. The zero-order chi connectivity index (χ0) is 32.6. The summed E-state index contributed by atoms with van der Waals surface area (Å²) < 4.78 is 12.4. The number of rotatable bonds is 7. The van der Waals surface area contributed by atoms with E-state index in [4.69, 9.17) is 9.47 Å². The number of carbonyl (C=O) groups excluding carboxylic acids is 3. The number of nitrogens with zero attached hydrogens (tertiary/aromatic N) is 2.